The van der Waals surface area contributed by atoms with E-state index in [2.05, 4.69) is 22.0 Å². The van der Waals surface area contributed by atoms with Crippen LogP contribution in [0.25, 0.3) is 11.3 Å². The molecule has 3 N–H and O–H groups in total. The van der Waals surface area contributed by atoms with Crippen LogP contribution in [0.1, 0.15) is 31.8 Å². The lowest BCUT2D eigenvalue weighted by atomic mass is 10.0. The van der Waals surface area contributed by atoms with Crippen molar-refractivity contribution in [3.05, 3.63) is 23.9 Å². The van der Waals surface area contributed by atoms with Gasteiger partial charge in [-0.2, -0.15) is 5.10 Å². The Morgan fingerprint density at radius 2 is 2.24 bits per heavy atom. The van der Waals surface area contributed by atoms with E-state index in [1.54, 1.807) is 4.68 Å². The van der Waals surface area contributed by atoms with Crippen LogP contribution in [0.3, 0.4) is 0 Å². The smallest absolute Gasteiger partial charge is 0.126 e. The molecule has 1 atom stereocenters. The van der Waals surface area contributed by atoms with Crippen molar-refractivity contribution in [3.8, 4) is 11.3 Å². The van der Waals surface area contributed by atoms with E-state index in [1.807, 2.05) is 33.3 Å². The van der Waals surface area contributed by atoms with E-state index in [4.69, 9.17) is 5.73 Å². The van der Waals surface area contributed by atoms with E-state index in [9.17, 15) is 0 Å². The fraction of sp³-hybridized carbons (Fsp3) is 0.500. The van der Waals surface area contributed by atoms with Crippen molar-refractivity contribution in [1.82, 2.24) is 19.7 Å². The number of imidazole rings is 1. The lowest BCUT2D eigenvalue weighted by Gasteiger charge is -2.19. The summed E-state index contributed by atoms with van der Waals surface area (Å²) in [5.74, 6) is 0.818. The number of nitrogens with zero attached hydrogens (tertiary/aromatic N) is 3. The molecule has 2 aromatic heterocycles. The lowest BCUT2D eigenvalue weighted by Crippen LogP contribution is -2.33. The number of aromatic nitrogens is 4. The molecule has 0 aromatic carbocycles. The molecule has 0 fully saturated rings. The summed E-state index contributed by atoms with van der Waals surface area (Å²) in [6, 6.07) is 0. The highest BCUT2D eigenvalue weighted by molar-refractivity contribution is 5.60. The Balaban J connectivity index is 2.40. The predicted octanol–water partition coefficient (Wildman–Crippen LogP) is 1.70. The molecule has 0 aliphatic rings. The maximum absolute atomic E-state index is 6.16. The summed E-state index contributed by atoms with van der Waals surface area (Å²) in [6.07, 6.45) is 4.64. The summed E-state index contributed by atoms with van der Waals surface area (Å²) in [5, 5.41) is 4.32. The molecule has 0 saturated carbocycles. The summed E-state index contributed by atoms with van der Waals surface area (Å²) < 4.78 is 1.80. The second kappa shape index (κ2) is 4.00. The molecule has 0 spiro atoms. The number of nitrogens with one attached hydrogen (secondary N) is 1. The summed E-state index contributed by atoms with van der Waals surface area (Å²) in [7, 11) is 1.91. The Kier molecular flexibility index (Phi) is 2.79. The molecule has 0 saturated heterocycles. The van der Waals surface area contributed by atoms with Gasteiger partial charge in [-0.3, -0.25) is 4.68 Å². The summed E-state index contributed by atoms with van der Waals surface area (Å²) in [5.41, 5.74) is 8.77. The number of H-pyrrole nitrogens is 1. The second-order valence-corrected chi connectivity index (χ2v) is 4.72. The third kappa shape index (κ3) is 2.10. The zero-order chi connectivity index (χ0) is 12.6. The van der Waals surface area contributed by atoms with Crippen LogP contribution in [0, 0.1) is 6.92 Å². The van der Waals surface area contributed by atoms with Gasteiger partial charge in [-0.05, 0) is 20.3 Å². The SMILES string of the molecule is CCC(C)(N)c1ncc(-c2cn(C)nc2C)[nH]1. The number of hydrogen-bond acceptors (Lipinski definition) is 3. The van der Waals surface area contributed by atoms with Crippen molar-refractivity contribution in [2.45, 2.75) is 32.7 Å². The predicted molar refractivity (Wildman–Crippen MR) is 67.4 cm³/mol. The summed E-state index contributed by atoms with van der Waals surface area (Å²) in [6.45, 7) is 6.01. The first kappa shape index (κ1) is 11.9. The van der Waals surface area contributed by atoms with Gasteiger partial charge in [-0.15, -0.1) is 0 Å². The Labute approximate surface area is 101 Å². The van der Waals surface area contributed by atoms with E-state index in [-0.39, 0.29) is 0 Å². The Bertz CT molecular complexity index is 521. The highest BCUT2D eigenvalue weighted by atomic mass is 15.2. The van der Waals surface area contributed by atoms with Crippen molar-refractivity contribution in [1.29, 1.82) is 0 Å². The quantitative estimate of drug-likeness (QED) is 0.847. The lowest BCUT2D eigenvalue weighted by molar-refractivity contribution is 0.450. The molecule has 17 heavy (non-hydrogen) atoms. The Morgan fingerprint density at radius 1 is 1.53 bits per heavy atom. The van der Waals surface area contributed by atoms with E-state index in [1.165, 1.54) is 0 Å². The van der Waals surface area contributed by atoms with Crippen molar-refractivity contribution in [2.24, 2.45) is 12.8 Å². The van der Waals surface area contributed by atoms with Gasteiger partial charge in [0, 0.05) is 18.8 Å². The van der Waals surface area contributed by atoms with Gasteiger partial charge in [0.25, 0.3) is 0 Å². The van der Waals surface area contributed by atoms with Crippen molar-refractivity contribution < 1.29 is 0 Å². The van der Waals surface area contributed by atoms with Gasteiger partial charge in [-0.25, -0.2) is 4.98 Å². The van der Waals surface area contributed by atoms with Crippen LogP contribution < -0.4 is 5.73 Å². The number of nitrogens with two attached hydrogens (primary N) is 1. The van der Waals surface area contributed by atoms with Gasteiger partial charge >= 0.3 is 0 Å². The fourth-order valence-electron chi connectivity index (χ4n) is 1.78. The van der Waals surface area contributed by atoms with Crippen LogP contribution in [0.15, 0.2) is 12.4 Å². The van der Waals surface area contributed by atoms with E-state index in [0.717, 1.165) is 29.2 Å². The summed E-state index contributed by atoms with van der Waals surface area (Å²) in [4.78, 5) is 7.65. The largest absolute Gasteiger partial charge is 0.340 e. The minimum Gasteiger partial charge on any atom is -0.340 e. The van der Waals surface area contributed by atoms with Crippen LogP contribution >= 0.6 is 0 Å². The van der Waals surface area contributed by atoms with Crippen molar-refractivity contribution >= 4 is 0 Å². The van der Waals surface area contributed by atoms with E-state index in [0.29, 0.717) is 0 Å². The summed E-state index contributed by atoms with van der Waals surface area (Å²) >= 11 is 0. The molecule has 0 aliphatic carbocycles. The van der Waals surface area contributed by atoms with Crippen LogP contribution in [0.4, 0.5) is 0 Å². The van der Waals surface area contributed by atoms with Gasteiger partial charge in [0.2, 0.25) is 0 Å². The minimum atomic E-state index is -0.408. The molecular formula is C12H19N5. The number of rotatable bonds is 3. The van der Waals surface area contributed by atoms with Crippen LogP contribution in [-0.2, 0) is 12.6 Å². The van der Waals surface area contributed by atoms with Gasteiger partial charge < -0.3 is 10.7 Å². The molecule has 2 heterocycles. The normalized spacial score (nSPS) is 14.9. The van der Waals surface area contributed by atoms with E-state index >= 15 is 0 Å². The number of aryl methyl sites for hydroxylation is 2. The Morgan fingerprint density at radius 3 is 2.76 bits per heavy atom. The molecule has 1 unspecified atom stereocenters. The van der Waals surface area contributed by atoms with Gasteiger partial charge in [0.05, 0.1) is 23.1 Å². The second-order valence-electron chi connectivity index (χ2n) is 4.72. The number of aromatic amines is 1. The molecule has 0 aliphatic heterocycles. The van der Waals surface area contributed by atoms with Gasteiger partial charge in [0.15, 0.2) is 0 Å². The third-order valence-electron chi connectivity index (χ3n) is 3.15. The highest BCUT2D eigenvalue weighted by Crippen LogP contribution is 2.24. The maximum atomic E-state index is 6.16. The van der Waals surface area contributed by atoms with Crippen LogP contribution in [-0.4, -0.2) is 19.7 Å². The van der Waals surface area contributed by atoms with E-state index < -0.39 is 5.54 Å². The molecule has 0 radical (unpaired) electrons. The molecule has 5 nitrogen and oxygen atoms in total. The average Bonchev–Trinajstić information content (AvgIpc) is 2.85. The first-order chi connectivity index (χ1) is 7.94. The van der Waals surface area contributed by atoms with Gasteiger partial charge in [0.1, 0.15) is 5.82 Å². The molecule has 92 valence electrons. The third-order valence-corrected chi connectivity index (χ3v) is 3.15. The molecular weight excluding hydrogens is 214 g/mol. The maximum Gasteiger partial charge on any atom is 0.126 e. The average molecular weight is 233 g/mol. The van der Waals surface area contributed by atoms with Crippen LogP contribution in [0.5, 0.6) is 0 Å². The first-order valence-corrected chi connectivity index (χ1v) is 5.79. The fourth-order valence-corrected chi connectivity index (χ4v) is 1.78. The first-order valence-electron chi connectivity index (χ1n) is 5.79. The molecule has 2 aromatic rings. The zero-order valence-electron chi connectivity index (χ0n) is 10.8. The topological polar surface area (TPSA) is 72.5 Å². The monoisotopic (exact) mass is 233 g/mol. The molecule has 0 bridgehead atoms. The minimum absolute atomic E-state index is 0.408. The Hall–Kier alpha value is -1.62. The molecule has 0 amide bonds. The van der Waals surface area contributed by atoms with Crippen molar-refractivity contribution in [2.75, 3.05) is 0 Å². The molecule has 2 rings (SSSR count). The standard InChI is InChI=1S/C12H19N5/c1-5-12(3,13)11-14-6-10(15-11)9-7-17(4)16-8(9)2/h6-7H,5,13H2,1-4H3,(H,14,15). The highest BCUT2D eigenvalue weighted by Gasteiger charge is 2.22. The zero-order valence-corrected chi connectivity index (χ0v) is 10.8. The van der Waals surface area contributed by atoms with Crippen molar-refractivity contribution in [3.63, 3.8) is 0 Å². The van der Waals surface area contributed by atoms with Crippen LogP contribution in [0.2, 0.25) is 0 Å². The molecule has 5 heteroatoms. The number of hydrogen-bond donors (Lipinski definition) is 2. The van der Waals surface area contributed by atoms with Gasteiger partial charge in [-0.1, -0.05) is 6.92 Å².